The Kier molecular flexibility index (Phi) is 4.31. The Morgan fingerprint density at radius 3 is 2.79 bits per heavy atom. The number of pyridine rings is 1. The lowest BCUT2D eigenvalue weighted by molar-refractivity contribution is 0.450. The van der Waals surface area contributed by atoms with Gasteiger partial charge in [-0.25, -0.2) is 4.98 Å². The van der Waals surface area contributed by atoms with Gasteiger partial charge in [-0.1, -0.05) is 6.92 Å². The molecule has 0 bridgehead atoms. The number of hydrogen-bond acceptors (Lipinski definition) is 5. The molecule has 2 aromatic heterocycles. The normalized spacial score (nSPS) is 10.3. The summed E-state index contributed by atoms with van der Waals surface area (Å²) in [4.78, 5) is 12.8. The summed E-state index contributed by atoms with van der Waals surface area (Å²) in [6, 6.07) is 3.83. The van der Waals surface area contributed by atoms with Crippen molar-refractivity contribution in [2.75, 3.05) is 12.4 Å². The zero-order valence-corrected chi connectivity index (χ0v) is 12.7. The number of nitrogens with zero attached hydrogens (tertiary/aromatic N) is 3. The van der Waals surface area contributed by atoms with Gasteiger partial charge in [0.15, 0.2) is 5.75 Å². The Morgan fingerprint density at radius 1 is 1.32 bits per heavy atom. The lowest BCUT2D eigenvalue weighted by Gasteiger charge is -2.11. The van der Waals surface area contributed by atoms with Crippen LogP contribution in [0.2, 0.25) is 0 Å². The van der Waals surface area contributed by atoms with Gasteiger partial charge in [0.25, 0.3) is 0 Å². The van der Waals surface area contributed by atoms with Gasteiger partial charge < -0.3 is 10.1 Å². The van der Waals surface area contributed by atoms with Gasteiger partial charge in [-0.3, -0.25) is 4.98 Å². The molecule has 19 heavy (non-hydrogen) atoms. The highest BCUT2D eigenvalue weighted by Crippen LogP contribution is 2.29. The van der Waals surface area contributed by atoms with Gasteiger partial charge in [-0.05, 0) is 41.4 Å². The van der Waals surface area contributed by atoms with E-state index in [4.69, 9.17) is 4.74 Å². The minimum Gasteiger partial charge on any atom is -0.436 e. The molecular weight excluding hydrogens is 308 g/mol. The molecular formula is C13H15BrN4O. The van der Waals surface area contributed by atoms with Gasteiger partial charge in [-0.15, -0.1) is 0 Å². The Balaban J connectivity index is 2.35. The van der Waals surface area contributed by atoms with E-state index in [1.165, 1.54) is 0 Å². The molecule has 0 fully saturated rings. The number of nitrogens with one attached hydrogen (secondary N) is 1. The van der Waals surface area contributed by atoms with Gasteiger partial charge in [-0.2, -0.15) is 4.98 Å². The van der Waals surface area contributed by atoms with Crippen LogP contribution in [0.4, 0.5) is 5.95 Å². The molecule has 0 unspecified atom stereocenters. The molecule has 0 aliphatic carbocycles. The van der Waals surface area contributed by atoms with Crippen LogP contribution in [0.25, 0.3) is 0 Å². The molecule has 0 saturated carbocycles. The molecule has 0 aliphatic heterocycles. The fourth-order valence-electron chi connectivity index (χ4n) is 1.59. The molecule has 6 heteroatoms. The van der Waals surface area contributed by atoms with Crippen molar-refractivity contribution < 1.29 is 4.74 Å². The summed E-state index contributed by atoms with van der Waals surface area (Å²) in [5.41, 5.74) is 1.89. The summed E-state index contributed by atoms with van der Waals surface area (Å²) >= 11 is 3.38. The highest BCUT2D eigenvalue weighted by Gasteiger charge is 2.10. The zero-order valence-electron chi connectivity index (χ0n) is 11.1. The summed E-state index contributed by atoms with van der Waals surface area (Å²) in [5.74, 6) is 1.70. The largest absolute Gasteiger partial charge is 0.436 e. The predicted octanol–water partition coefficient (Wildman–Crippen LogP) is 3.34. The maximum Gasteiger partial charge on any atom is 0.238 e. The smallest absolute Gasteiger partial charge is 0.238 e. The first-order valence-corrected chi connectivity index (χ1v) is 6.78. The topological polar surface area (TPSA) is 59.9 Å². The average Bonchev–Trinajstić information content (AvgIpc) is 2.43. The van der Waals surface area contributed by atoms with E-state index < -0.39 is 0 Å². The van der Waals surface area contributed by atoms with Crippen molar-refractivity contribution in [3.8, 4) is 11.6 Å². The van der Waals surface area contributed by atoms with E-state index in [0.717, 1.165) is 23.6 Å². The first-order chi connectivity index (χ1) is 9.13. The molecule has 0 radical (unpaired) electrons. The monoisotopic (exact) mass is 322 g/mol. The zero-order chi connectivity index (χ0) is 13.8. The molecule has 100 valence electrons. The Labute approximate surface area is 120 Å². The van der Waals surface area contributed by atoms with Crippen LogP contribution >= 0.6 is 15.9 Å². The fourth-order valence-corrected chi connectivity index (χ4v) is 1.86. The van der Waals surface area contributed by atoms with E-state index >= 15 is 0 Å². The van der Waals surface area contributed by atoms with Gasteiger partial charge in [0.05, 0.1) is 16.4 Å². The van der Waals surface area contributed by atoms with Crippen molar-refractivity contribution in [2.45, 2.75) is 20.3 Å². The molecule has 1 N–H and O–H groups in total. The summed E-state index contributed by atoms with van der Waals surface area (Å²) in [5, 5.41) is 2.88. The van der Waals surface area contributed by atoms with Gasteiger partial charge in [0.2, 0.25) is 11.8 Å². The number of anilines is 1. The Hall–Kier alpha value is -1.69. The number of ether oxygens (including phenoxy) is 1. The van der Waals surface area contributed by atoms with Gasteiger partial charge in [0, 0.05) is 12.7 Å². The van der Waals surface area contributed by atoms with E-state index in [-0.39, 0.29) is 0 Å². The second kappa shape index (κ2) is 5.97. The van der Waals surface area contributed by atoms with Gasteiger partial charge >= 0.3 is 0 Å². The molecule has 0 saturated heterocycles. The van der Waals surface area contributed by atoms with E-state index in [9.17, 15) is 0 Å². The van der Waals surface area contributed by atoms with Crippen molar-refractivity contribution in [2.24, 2.45) is 0 Å². The number of hydrogen-bond donors (Lipinski definition) is 1. The predicted molar refractivity (Wildman–Crippen MR) is 77.7 cm³/mol. The number of rotatable bonds is 4. The minimum atomic E-state index is 0.472. The summed E-state index contributed by atoms with van der Waals surface area (Å²) in [6.07, 6.45) is 2.46. The molecule has 0 aromatic carbocycles. The fraction of sp³-hybridized carbons (Fsp3) is 0.308. The highest BCUT2D eigenvalue weighted by atomic mass is 79.9. The molecule has 0 aliphatic rings. The lowest BCUT2D eigenvalue weighted by atomic mass is 10.2. The van der Waals surface area contributed by atoms with Crippen LogP contribution in [0.3, 0.4) is 0 Å². The summed E-state index contributed by atoms with van der Waals surface area (Å²) in [7, 11) is 1.76. The van der Waals surface area contributed by atoms with Crippen molar-refractivity contribution >= 4 is 21.9 Å². The van der Waals surface area contributed by atoms with Crippen LogP contribution in [-0.2, 0) is 6.42 Å². The summed E-state index contributed by atoms with van der Waals surface area (Å²) < 4.78 is 6.53. The molecule has 2 heterocycles. The summed E-state index contributed by atoms with van der Waals surface area (Å²) in [6.45, 7) is 4.01. The second-order valence-electron chi connectivity index (χ2n) is 3.95. The minimum absolute atomic E-state index is 0.472. The Morgan fingerprint density at radius 2 is 2.11 bits per heavy atom. The highest BCUT2D eigenvalue weighted by molar-refractivity contribution is 9.10. The first-order valence-electron chi connectivity index (χ1n) is 5.98. The van der Waals surface area contributed by atoms with Crippen LogP contribution in [0.1, 0.15) is 18.3 Å². The standard InChI is InChI=1S/C13H15BrN4O/c1-4-10-11(6-5-8(2)17-10)19-12-9(14)7-16-13(15-3)18-12/h5-7H,4H2,1-3H3,(H,15,16,18). The maximum absolute atomic E-state index is 5.83. The number of halogens is 1. The van der Waals surface area contributed by atoms with E-state index in [2.05, 4.69) is 36.2 Å². The van der Waals surface area contributed by atoms with Crippen LogP contribution in [0, 0.1) is 6.92 Å². The van der Waals surface area contributed by atoms with Crippen molar-refractivity contribution in [1.29, 1.82) is 0 Å². The first kappa shape index (κ1) is 13.7. The van der Waals surface area contributed by atoms with E-state index in [1.54, 1.807) is 13.2 Å². The third kappa shape index (κ3) is 3.20. The van der Waals surface area contributed by atoms with Crippen LogP contribution in [0.5, 0.6) is 11.6 Å². The second-order valence-corrected chi connectivity index (χ2v) is 4.80. The van der Waals surface area contributed by atoms with Crippen molar-refractivity contribution in [3.05, 3.63) is 34.2 Å². The third-order valence-corrected chi connectivity index (χ3v) is 3.09. The molecule has 0 spiro atoms. The van der Waals surface area contributed by atoms with Crippen LogP contribution < -0.4 is 10.1 Å². The molecule has 0 amide bonds. The van der Waals surface area contributed by atoms with Crippen molar-refractivity contribution in [3.63, 3.8) is 0 Å². The third-order valence-electron chi connectivity index (χ3n) is 2.55. The van der Waals surface area contributed by atoms with Crippen molar-refractivity contribution in [1.82, 2.24) is 15.0 Å². The van der Waals surface area contributed by atoms with Crippen LogP contribution in [0.15, 0.2) is 22.8 Å². The molecule has 2 aromatic rings. The number of aromatic nitrogens is 3. The van der Waals surface area contributed by atoms with E-state index in [0.29, 0.717) is 16.3 Å². The lowest BCUT2D eigenvalue weighted by Crippen LogP contribution is -2.01. The number of aryl methyl sites for hydroxylation is 2. The molecule has 0 atom stereocenters. The molecule has 5 nitrogen and oxygen atoms in total. The van der Waals surface area contributed by atoms with E-state index in [1.807, 2.05) is 26.0 Å². The van der Waals surface area contributed by atoms with Gasteiger partial charge in [0.1, 0.15) is 0 Å². The maximum atomic E-state index is 5.83. The average molecular weight is 323 g/mol. The Bertz CT molecular complexity index is 589. The quantitative estimate of drug-likeness (QED) is 0.935. The van der Waals surface area contributed by atoms with Crippen LogP contribution in [-0.4, -0.2) is 22.0 Å². The molecule has 2 rings (SSSR count). The SMILES string of the molecule is CCc1nc(C)ccc1Oc1nc(NC)ncc1Br.